The highest BCUT2D eigenvalue weighted by Gasteiger charge is 2.45. The molecule has 15 heavy (non-hydrogen) atoms. The van der Waals surface area contributed by atoms with Crippen LogP contribution in [0.4, 0.5) is 0 Å². The van der Waals surface area contributed by atoms with Gasteiger partial charge in [-0.15, -0.1) is 0 Å². The van der Waals surface area contributed by atoms with Crippen molar-refractivity contribution < 1.29 is 19.5 Å². The minimum absolute atomic E-state index is 0.0199. The summed E-state index contributed by atoms with van der Waals surface area (Å²) in [7, 11) is 0. The maximum atomic E-state index is 11.5. The highest BCUT2D eigenvalue weighted by atomic mass is 16.4. The molecule has 1 saturated carbocycles. The molecule has 1 heterocycles. The lowest BCUT2D eigenvalue weighted by Gasteiger charge is -2.30. The lowest BCUT2D eigenvalue weighted by molar-refractivity contribution is -0.161. The molecule has 2 rings (SSSR count). The minimum Gasteiger partial charge on any atom is -0.480 e. The number of hydrogen-bond acceptors (Lipinski definition) is 3. The SMILES string of the molecule is O=C(O)C(C1CC1)N1C(=O)CCCC1=O. The van der Waals surface area contributed by atoms with E-state index in [0.29, 0.717) is 19.3 Å². The summed E-state index contributed by atoms with van der Waals surface area (Å²) in [6, 6.07) is -0.912. The van der Waals surface area contributed by atoms with Crippen LogP contribution < -0.4 is 0 Å². The number of hydrogen-bond donors (Lipinski definition) is 1. The average molecular weight is 211 g/mol. The molecule has 0 radical (unpaired) electrons. The first-order valence-corrected chi connectivity index (χ1v) is 5.19. The summed E-state index contributed by atoms with van der Waals surface area (Å²) in [5.41, 5.74) is 0. The zero-order valence-corrected chi connectivity index (χ0v) is 8.31. The monoisotopic (exact) mass is 211 g/mol. The molecule has 0 spiro atoms. The van der Waals surface area contributed by atoms with Gasteiger partial charge >= 0.3 is 5.97 Å². The van der Waals surface area contributed by atoms with E-state index in [1.54, 1.807) is 0 Å². The first-order chi connectivity index (χ1) is 7.11. The second kappa shape index (κ2) is 3.64. The van der Waals surface area contributed by atoms with Gasteiger partial charge in [-0.1, -0.05) is 0 Å². The lowest BCUT2D eigenvalue weighted by atomic mass is 10.0. The molecule has 0 aromatic rings. The van der Waals surface area contributed by atoms with Crippen LogP contribution in [0.2, 0.25) is 0 Å². The van der Waals surface area contributed by atoms with E-state index in [1.807, 2.05) is 0 Å². The zero-order valence-electron chi connectivity index (χ0n) is 8.31. The number of carboxylic acid groups (broad SMARTS) is 1. The minimum atomic E-state index is -1.05. The lowest BCUT2D eigenvalue weighted by Crippen LogP contribution is -2.51. The summed E-state index contributed by atoms with van der Waals surface area (Å²) in [6.07, 6.45) is 2.73. The van der Waals surface area contributed by atoms with Crippen molar-refractivity contribution >= 4 is 17.8 Å². The van der Waals surface area contributed by atoms with Crippen LogP contribution in [0, 0.1) is 5.92 Å². The topological polar surface area (TPSA) is 74.7 Å². The number of carbonyl (C=O) groups is 3. The first kappa shape index (κ1) is 10.1. The van der Waals surface area contributed by atoms with Crippen LogP contribution in [0.1, 0.15) is 32.1 Å². The predicted octanol–water partition coefficient (Wildman–Crippen LogP) is 0.389. The third kappa shape index (κ3) is 1.86. The molecule has 1 aliphatic heterocycles. The molecule has 0 aromatic heterocycles. The number of rotatable bonds is 3. The Labute approximate surface area is 87.1 Å². The standard InChI is InChI=1S/C10H13NO4/c12-7-2-1-3-8(13)11(7)9(10(14)15)6-4-5-6/h6,9H,1-5H2,(H,14,15). The number of carboxylic acids is 1. The van der Waals surface area contributed by atoms with Crippen molar-refractivity contribution in [3.63, 3.8) is 0 Å². The summed E-state index contributed by atoms with van der Waals surface area (Å²) in [4.78, 5) is 35.1. The maximum absolute atomic E-state index is 11.5. The summed E-state index contributed by atoms with van der Waals surface area (Å²) in [6.45, 7) is 0. The van der Waals surface area contributed by atoms with Crippen molar-refractivity contribution in [3.05, 3.63) is 0 Å². The molecule has 1 atom stereocenters. The van der Waals surface area contributed by atoms with Gasteiger partial charge in [-0.2, -0.15) is 0 Å². The quantitative estimate of drug-likeness (QED) is 0.685. The van der Waals surface area contributed by atoms with Crippen LogP contribution >= 0.6 is 0 Å². The number of amides is 2. The van der Waals surface area contributed by atoms with E-state index in [2.05, 4.69) is 0 Å². The van der Waals surface area contributed by atoms with Gasteiger partial charge in [0.2, 0.25) is 11.8 Å². The molecule has 0 bridgehead atoms. The number of carbonyl (C=O) groups excluding carboxylic acids is 2. The Morgan fingerprint density at radius 3 is 2.20 bits per heavy atom. The van der Waals surface area contributed by atoms with Crippen LogP contribution in [-0.4, -0.2) is 33.8 Å². The van der Waals surface area contributed by atoms with Crippen molar-refractivity contribution in [3.8, 4) is 0 Å². The Hall–Kier alpha value is -1.39. The van der Waals surface area contributed by atoms with E-state index in [-0.39, 0.29) is 17.7 Å². The van der Waals surface area contributed by atoms with Crippen molar-refractivity contribution in [1.29, 1.82) is 0 Å². The molecule has 82 valence electrons. The molecule has 1 aliphatic carbocycles. The Morgan fingerprint density at radius 1 is 1.27 bits per heavy atom. The van der Waals surface area contributed by atoms with Crippen molar-refractivity contribution in [2.24, 2.45) is 5.92 Å². The third-order valence-electron chi connectivity index (χ3n) is 2.92. The molecule has 1 unspecified atom stereocenters. The van der Waals surface area contributed by atoms with E-state index in [0.717, 1.165) is 17.7 Å². The fraction of sp³-hybridized carbons (Fsp3) is 0.700. The number of imide groups is 1. The molecule has 2 amide bonds. The summed E-state index contributed by atoms with van der Waals surface area (Å²) in [5.74, 6) is -1.73. The molecule has 1 N–H and O–H groups in total. The number of nitrogens with zero attached hydrogens (tertiary/aromatic N) is 1. The largest absolute Gasteiger partial charge is 0.480 e. The van der Waals surface area contributed by atoms with Gasteiger partial charge in [-0.05, 0) is 25.2 Å². The smallest absolute Gasteiger partial charge is 0.327 e. The van der Waals surface area contributed by atoms with Gasteiger partial charge < -0.3 is 5.11 Å². The maximum Gasteiger partial charge on any atom is 0.327 e. The number of aliphatic carboxylic acids is 1. The molecule has 2 fully saturated rings. The van der Waals surface area contributed by atoms with Gasteiger partial charge in [-0.3, -0.25) is 14.5 Å². The molecule has 0 aromatic carbocycles. The second-order valence-electron chi connectivity index (χ2n) is 4.13. The summed E-state index contributed by atoms with van der Waals surface area (Å²) < 4.78 is 0. The zero-order chi connectivity index (χ0) is 11.0. The van der Waals surface area contributed by atoms with Gasteiger partial charge in [0.25, 0.3) is 0 Å². The Morgan fingerprint density at radius 2 is 1.80 bits per heavy atom. The van der Waals surface area contributed by atoms with Gasteiger partial charge in [0, 0.05) is 12.8 Å². The van der Waals surface area contributed by atoms with E-state index in [9.17, 15) is 14.4 Å². The van der Waals surface area contributed by atoms with Crippen LogP contribution in [-0.2, 0) is 14.4 Å². The fourth-order valence-corrected chi connectivity index (χ4v) is 2.02. The van der Waals surface area contributed by atoms with Crippen LogP contribution in [0.25, 0.3) is 0 Å². The predicted molar refractivity (Wildman–Crippen MR) is 49.9 cm³/mol. The molecule has 2 aliphatic rings. The number of likely N-dealkylation sites (tertiary alicyclic amines) is 1. The van der Waals surface area contributed by atoms with E-state index < -0.39 is 12.0 Å². The van der Waals surface area contributed by atoms with Gasteiger partial charge in [0.15, 0.2) is 0 Å². The molecular formula is C10H13NO4. The molecule has 5 heteroatoms. The van der Waals surface area contributed by atoms with Crippen molar-refractivity contribution in [2.45, 2.75) is 38.1 Å². The van der Waals surface area contributed by atoms with Crippen molar-refractivity contribution in [1.82, 2.24) is 4.90 Å². The molecule has 5 nitrogen and oxygen atoms in total. The van der Waals surface area contributed by atoms with Crippen molar-refractivity contribution in [2.75, 3.05) is 0 Å². The van der Waals surface area contributed by atoms with E-state index in [1.165, 1.54) is 0 Å². The first-order valence-electron chi connectivity index (χ1n) is 5.19. The van der Waals surface area contributed by atoms with E-state index in [4.69, 9.17) is 5.11 Å². The molecular weight excluding hydrogens is 198 g/mol. The average Bonchev–Trinajstić information content (AvgIpc) is 2.94. The molecule has 1 saturated heterocycles. The summed E-state index contributed by atoms with van der Waals surface area (Å²) in [5, 5.41) is 9.03. The van der Waals surface area contributed by atoms with Crippen LogP contribution in [0.15, 0.2) is 0 Å². The van der Waals surface area contributed by atoms with Gasteiger partial charge in [0.05, 0.1) is 0 Å². The van der Waals surface area contributed by atoms with Crippen LogP contribution in [0.5, 0.6) is 0 Å². The Bertz CT molecular complexity index is 305. The van der Waals surface area contributed by atoms with E-state index >= 15 is 0 Å². The third-order valence-corrected chi connectivity index (χ3v) is 2.92. The highest BCUT2D eigenvalue weighted by Crippen LogP contribution is 2.36. The fourth-order valence-electron chi connectivity index (χ4n) is 2.02. The normalized spacial score (nSPS) is 24.1. The van der Waals surface area contributed by atoms with Gasteiger partial charge in [0.1, 0.15) is 6.04 Å². The van der Waals surface area contributed by atoms with Gasteiger partial charge in [-0.25, -0.2) is 4.79 Å². The summed E-state index contributed by atoms with van der Waals surface area (Å²) >= 11 is 0. The Kier molecular flexibility index (Phi) is 2.46. The number of piperidine rings is 1. The second-order valence-corrected chi connectivity index (χ2v) is 4.13. The highest BCUT2D eigenvalue weighted by molar-refractivity contribution is 6.01. The Balaban J connectivity index is 2.20. The van der Waals surface area contributed by atoms with Crippen LogP contribution in [0.3, 0.4) is 0 Å².